The zero-order valence-electron chi connectivity index (χ0n) is 12.5. The fourth-order valence-corrected chi connectivity index (χ4v) is 4.24. The van der Waals surface area contributed by atoms with E-state index in [1.165, 1.54) is 32.1 Å². The van der Waals surface area contributed by atoms with Crippen molar-refractivity contribution in [2.45, 2.75) is 44.1 Å². The lowest BCUT2D eigenvalue weighted by Crippen LogP contribution is -2.29. The van der Waals surface area contributed by atoms with E-state index >= 15 is 0 Å². The Balaban J connectivity index is 1.51. The molecule has 1 aliphatic heterocycles. The first-order chi connectivity index (χ1) is 10.6. The molecule has 1 aromatic rings. The second-order valence-corrected chi connectivity index (χ2v) is 6.85. The first-order valence-electron chi connectivity index (χ1n) is 8.16. The van der Waals surface area contributed by atoms with Crippen LogP contribution in [0.1, 0.15) is 43.7 Å². The molecule has 22 heavy (non-hydrogen) atoms. The molecule has 0 amide bonds. The van der Waals surface area contributed by atoms with Crippen LogP contribution < -0.4 is 10.6 Å². The first-order valence-corrected chi connectivity index (χ1v) is 8.16. The standard InChI is InChI=1S/C15H21N5O2/c16-15-17-12(9-4-2-1-3-5-9)6-13(18-15)19-7-10-11(8-19)14(10)20(21)22/h6,9-11,14H,1-5,7-8H2,(H2,16,17,18)/t10-,11+,14?. The predicted octanol–water partition coefficient (Wildman–Crippen LogP) is 1.82. The van der Waals surface area contributed by atoms with E-state index < -0.39 is 0 Å². The minimum atomic E-state index is -0.340. The number of anilines is 2. The van der Waals surface area contributed by atoms with E-state index in [0.717, 1.165) is 24.6 Å². The summed E-state index contributed by atoms with van der Waals surface area (Å²) < 4.78 is 0. The lowest BCUT2D eigenvalue weighted by atomic mass is 9.87. The predicted molar refractivity (Wildman–Crippen MR) is 82.2 cm³/mol. The van der Waals surface area contributed by atoms with Crippen molar-refractivity contribution in [2.75, 3.05) is 23.7 Å². The van der Waals surface area contributed by atoms with Gasteiger partial charge in [-0.1, -0.05) is 19.3 Å². The molecule has 0 radical (unpaired) electrons. The topological polar surface area (TPSA) is 98.2 Å². The summed E-state index contributed by atoms with van der Waals surface area (Å²) >= 11 is 0. The first kappa shape index (κ1) is 13.7. The molecule has 2 saturated carbocycles. The minimum absolute atomic E-state index is 0.130. The molecule has 0 aromatic carbocycles. The molecule has 3 fully saturated rings. The van der Waals surface area contributed by atoms with Crippen LogP contribution in [0.5, 0.6) is 0 Å². The van der Waals surface area contributed by atoms with E-state index in [-0.39, 0.29) is 22.8 Å². The van der Waals surface area contributed by atoms with Crippen molar-refractivity contribution in [3.63, 3.8) is 0 Å². The van der Waals surface area contributed by atoms with Crippen molar-refractivity contribution < 1.29 is 4.92 Å². The molecule has 1 aromatic heterocycles. The number of nitrogens with zero attached hydrogens (tertiary/aromatic N) is 4. The molecule has 118 valence electrons. The number of nitro groups is 1. The molecular weight excluding hydrogens is 282 g/mol. The van der Waals surface area contributed by atoms with E-state index in [0.29, 0.717) is 11.9 Å². The summed E-state index contributed by atoms with van der Waals surface area (Å²) in [6, 6.07) is 1.71. The van der Waals surface area contributed by atoms with Gasteiger partial charge in [0.15, 0.2) is 0 Å². The van der Waals surface area contributed by atoms with Crippen LogP contribution >= 0.6 is 0 Å². The van der Waals surface area contributed by atoms with Crippen LogP contribution in [-0.4, -0.2) is 34.0 Å². The van der Waals surface area contributed by atoms with Gasteiger partial charge in [0.1, 0.15) is 5.82 Å². The number of aromatic nitrogens is 2. The SMILES string of the molecule is Nc1nc(C2CCCCC2)cc(N2C[C@@H]3C([N+](=O)[O-])[C@@H]3C2)n1. The van der Waals surface area contributed by atoms with E-state index in [1.807, 2.05) is 0 Å². The van der Waals surface area contributed by atoms with Gasteiger partial charge < -0.3 is 10.6 Å². The van der Waals surface area contributed by atoms with Crippen LogP contribution in [0, 0.1) is 22.0 Å². The molecule has 7 heteroatoms. The Morgan fingerprint density at radius 3 is 2.50 bits per heavy atom. The Kier molecular flexibility index (Phi) is 3.16. The molecule has 2 N–H and O–H groups in total. The second-order valence-electron chi connectivity index (χ2n) is 6.85. The maximum absolute atomic E-state index is 10.9. The molecule has 0 bridgehead atoms. The highest BCUT2D eigenvalue weighted by Crippen LogP contribution is 2.48. The van der Waals surface area contributed by atoms with Gasteiger partial charge in [0, 0.05) is 30.0 Å². The Labute approximate surface area is 129 Å². The third-order valence-electron chi connectivity index (χ3n) is 5.49. The van der Waals surface area contributed by atoms with E-state index in [4.69, 9.17) is 5.73 Å². The van der Waals surface area contributed by atoms with Gasteiger partial charge in [-0.2, -0.15) is 4.98 Å². The molecule has 1 unspecified atom stereocenters. The van der Waals surface area contributed by atoms with Gasteiger partial charge in [-0.15, -0.1) is 0 Å². The zero-order chi connectivity index (χ0) is 15.3. The zero-order valence-corrected chi connectivity index (χ0v) is 12.5. The van der Waals surface area contributed by atoms with Crippen LogP contribution in [0.25, 0.3) is 0 Å². The third kappa shape index (κ3) is 2.28. The van der Waals surface area contributed by atoms with Crippen molar-refractivity contribution >= 4 is 11.8 Å². The monoisotopic (exact) mass is 303 g/mol. The van der Waals surface area contributed by atoms with E-state index in [1.54, 1.807) is 0 Å². The largest absolute Gasteiger partial charge is 0.368 e. The number of hydrogen-bond donors (Lipinski definition) is 1. The van der Waals surface area contributed by atoms with Crippen LogP contribution in [0.2, 0.25) is 0 Å². The van der Waals surface area contributed by atoms with Crippen molar-refractivity contribution in [1.82, 2.24) is 9.97 Å². The summed E-state index contributed by atoms with van der Waals surface area (Å²) in [7, 11) is 0. The number of hydrogen-bond acceptors (Lipinski definition) is 6. The molecular formula is C15H21N5O2. The van der Waals surface area contributed by atoms with Gasteiger partial charge in [0.2, 0.25) is 12.0 Å². The average Bonchev–Trinajstić information content (AvgIpc) is 3.03. The highest BCUT2D eigenvalue weighted by atomic mass is 16.6. The molecule has 2 heterocycles. The van der Waals surface area contributed by atoms with Crippen LogP contribution in [0.4, 0.5) is 11.8 Å². The van der Waals surface area contributed by atoms with Crippen molar-refractivity contribution in [2.24, 2.45) is 11.8 Å². The Hall–Kier alpha value is -1.92. The Bertz CT molecular complexity index is 590. The minimum Gasteiger partial charge on any atom is -0.368 e. The van der Waals surface area contributed by atoms with Crippen molar-refractivity contribution in [1.29, 1.82) is 0 Å². The van der Waals surface area contributed by atoms with Gasteiger partial charge in [0.25, 0.3) is 0 Å². The third-order valence-corrected chi connectivity index (χ3v) is 5.49. The number of nitrogens with two attached hydrogens (primary N) is 1. The summed E-state index contributed by atoms with van der Waals surface area (Å²) in [5.41, 5.74) is 6.95. The summed E-state index contributed by atoms with van der Waals surface area (Å²) in [4.78, 5) is 21.7. The molecule has 3 aliphatic rings. The van der Waals surface area contributed by atoms with Crippen LogP contribution in [-0.2, 0) is 0 Å². The molecule has 0 spiro atoms. The lowest BCUT2D eigenvalue weighted by molar-refractivity contribution is -0.501. The summed E-state index contributed by atoms with van der Waals surface area (Å²) in [5.74, 6) is 2.03. The van der Waals surface area contributed by atoms with E-state index in [2.05, 4.69) is 20.9 Å². The number of rotatable bonds is 3. The Morgan fingerprint density at radius 1 is 1.18 bits per heavy atom. The number of fused-ring (bicyclic) bond motifs is 1. The second kappa shape index (κ2) is 5.07. The average molecular weight is 303 g/mol. The van der Waals surface area contributed by atoms with Gasteiger partial charge in [-0.05, 0) is 12.8 Å². The fourth-order valence-electron chi connectivity index (χ4n) is 4.24. The maximum Gasteiger partial charge on any atom is 0.223 e. The quantitative estimate of drug-likeness (QED) is 0.675. The van der Waals surface area contributed by atoms with Gasteiger partial charge in [-0.25, -0.2) is 4.98 Å². The molecule has 7 nitrogen and oxygen atoms in total. The van der Waals surface area contributed by atoms with Gasteiger partial charge >= 0.3 is 0 Å². The van der Waals surface area contributed by atoms with E-state index in [9.17, 15) is 10.1 Å². The van der Waals surface area contributed by atoms with Crippen LogP contribution in [0.3, 0.4) is 0 Å². The Morgan fingerprint density at radius 2 is 1.86 bits per heavy atom. The van der Waals surface area contributed by atoms with Crippen LogP contribution in [0.15, 0.2) is 6.07 Å². The molecule has 4 rings (SSSR count). The highest BCUT2D eigenvalue weighted by Gasteiger charge is 2.65. The lowest BCUT2D eigenvalue weighted by Gasteiger charge is -2.24. The summed E-state index contributed by atoms with van der Waals surface area (Å²) in [5, 5.41) is 10.9. The molecule has 3 atom stereocenters. The fraction of sp³-hybridized carbons (Fsp3) is 0.733. The number of nitrogen functional groups attached to an aromatic ring is 1. The molecule has 2 aliphatic carbocycles. The smallest absolute Gasteiger partial charge is 0.223 e. The highest BCUT2D eigenvalue weighted by molar-refractivity contribution is 5.47. The normalized spacial score (nSPS) is 31.1. The summed E-state index contributed by atoms with van der Waals surface area (Å²) in [6.07, 6.45) is 6.15. The number of piperidine rings is 1. The van der Waals surface area contributed by atoms with Gasteiger partial charge in [-0.3, -0.25) is 10.1 Å². The summed E-state index contributed by atoms with van der Waals surface area (Å²) in [6.45, 7) is 1.44. The van der Waals surface area contributed by atoms with Crippen molar-refractivity contribution in [3.05, 3.63) is 21.9 Å². The molecule has 1 saturated heterocycles. The van der Waals surface area contributed by atoms with Gasteiger partial charge in [0.05, 0.1) is 17.5 Å². The van der Waals surface area contributed by atoms with Crippen molar-refractivity contribution in [3.8, 4) is 0 Å². The maximum atomic E-state index is 10.9.